The van der Waals surface area contributed by atoms with E-state index >= 15 is 0 Å². The van der Waals surface area contributed by atoms with Crippen molar-refractivity contribution < 1.29 is 29.9 Å². The summed E-state index contributed by atoms with van der Waals surface area (Å²) in [7, 11) is 0. The van der Waals surface area contributed by atoms with Gasteiger partial charge >= 0.3 is 0 Å². The fourth-order valence-corrected chi connectivity index (χ4v) is 9.06. The monoisotopic (exact) mass is 1070 g/mol. The number of hydrogen-bond donors (Lipinski definition) is 0. The van der Waals surface area contributed by atoms with Crippen molar-refractivity contribution in [2.45, 2.75) is 52.4 Å². The number of anilines is 4. The molecule has 0 amide bonds. The quantitative estimate of drug-likeness (QED) is 0.142. The van der Waals surface area contributed by atoms with E-state index in [9.17, 15) is 4.11 Å². The Morgan fingerprint density at radius 3 is 1.78 bits per heavy atom. The Morgan fingerprint density at radius 2 is 1.12 bits per heavy atom. The maximum Gasteiger partial charge on any atom is 0.135 e. The Bertz CT molecular complexity index is 3550. The largest absolute Gasteiger partial charge is 0.509 e. The fourth-order valence-electron chi connectivity index (χ4n) is 9.06. The summed E-state index contributed by atoms with van der Waals surface area (Å²) in [6, 6.07) is 66.9. The molecule has 68 heavy (non-hydrogen) atoms. The van der Waals surface area contributed by atoms with Gasteiger partial charge in [0.25, 0.3) is 0 Å². The zero-order valence-electron chi connectivity index (χ0n) is 41.8. The molecule has 1 aliphatic heterocycles. The average Bonchev–Trinajstić information content (AvgIpc) is 3.91. The van der Waals surface area contributed by atoms with Crippen LogP contribution in [0.2, 0.25) is 0 Å². The molecule has 0 saturated carbocycles. The van der Waals surface area contributed by atoms with Crippen molar-refractivity contribution in [1.82, 2.24) is 9.55 Å². The van der Waals surface area contributed by atoms with Gasteiger partial charge in [-0.05, 0) is 74.3 Å². The van der Waals surface area contributed by atoms with Gasteiger partial charge in [0, 0.05) is 78.0 Å². The molecule has 0 aliphatic carbocycles. The zero-order chi connectivity index (χ0) is 48.5. The van der Waals surface area contributed by atoms with Gasteiger partial charge < -0.3 is 19.1 Å². The number of fused-ring (bicyclic) bond motifs is 4. The molecule has 1 aliphatic rings. The van der Waals surface area contributed by atoms with Crippen molar-refractivity contribution in [3.8, 4) is 50.7 Å². The predicted octanol–water partition coefficient (Wildman–Crippen LogP) is 16.6. The number of rotatable bonds is 8. The summed E-state index contributed by atoms with van der Waals surface area (Å²) >= 11 is 0. The Labute approximate surface area is 418 Å². The molecule has 0 fully saturated rings. The van der Waals surface area contributed by atoms with E-state index in [1.807, 2.05) is 71.3 Å². The van der Waals surface area contributed by atoms with E-state index < -0.39 is 0 Å². The van der Waals surface area contributed by atoms with Crippen LogP contribution in [-0.4, -0.2) is 9.55 Å². The maximum absolute atomic E-state index is 9.52. The number of para-hydroxylation sites is 4. The predicted molar refractivity (Wildman–Crippen MR) is 278 cm³/mol. The fraction of sp³-hybridized carbons (Fsp3) is 0.129. The summed E-state index contributed by atoms with van der Waals surface area (Å²) in [5, 5.41) is 1.81. The maximum atomic E-state index is 9.52. The molecule has 0 saturated heterocycles. The van der Waals surface area contributed by atoms with Crippen LogP contribution in [0.1, 0.15) is 56.8 Å². The summed E-state index contributed by atoms with van der Waals surface area (Å²) in [6.07, 6.45) is -0.0645. The van der Waals surface area contributed by atoms with Gasteiger partial charge in [-0.3, -0.25) is 0 Å². The third-order valence-corrected chi connectivity index (χ3v) is 12.6. The second kappa shape index (κ2) is 17.8. The van der Waals surface area contributed by atoms with E-state index in [0.29, 0.717) is 22.6 Å². The van der Waals surface area contributed by atoms with Crippen molar-refractivity contribution in [1.29, 1.82) is 0 Å². The minimum atomic E-state index is -0.169. The van der Waals surface area contributed by atoms with E-state index in [-0.39, 0.29) is 56.0 Å². The smallest absolute Gasteiger partial charge is 0.135 e. The number of aromatic nitrogens is 2. The first-order valence-electron chi connectivity index (χ1n) is 24.3. The van der Waals surface area contributed by atoms with Crippen LogP contribution in [0.3, 0.4) is 0 Å². The minimum absolute atomic E-state index is 0. The topological polar surface area (TPSA) is 33.5 Å². The standard InChI is InChI=1S/C62H51N4O.Pt/c1-61(2,3)46-35-45(36-47(37-46)62(4,5)6)44-31-34-59(63-40-44)66-55-28-14-13-25-53(55)54-33-32-50(39-58(54)66)67-49-24-17-23-48(38-49)64-41-65(57-30-16-15-29-56(57)64)60-51(42-19-9-7-10-20-42)26-18-27-52(60)43-21-11-8-12-22-43;/h7-37,40-41H,1-6H3;/q-3;/i31D,34D,40D;. The van der Waals surface area contributed by atoms with Crippen LogP contribution < -0.4 is 14.5 Å². The second-order valence-corrected chi connectivity index (χ2v) is 19.2. The SMILES string of the molecule is [2H]c1nc(-n2c3[c-]c(Oc4[c-]c(N5[CH-]N(c6c(-c7ccccc7)cccc6-c6ccccc6)c6ccccc65)ccc4)ccc3c3ccccc32)c([2H])c([2H])c1-c1cc(C(C)(C)C)cc(C(C)(C)C)c1.[Pt]. The summed E-state index contributed by atoms with van der Waals surface area (Å²) < 4.78 is 36.8. The number of ether oxygens (including phenoxy) is 1. The first-order valence-corrected chi connectivity index (χ1v) is 22.8. The number of benzene rings is 8. The Balaban J connectivity index is 0.00000582. The van der Waals surface area contributed by atoms with Crippen LogP contribution in [0, 0.1) is 18.8 Å². The van der Waals surface area contributed by atoms with Gasteiger partial charge in [-0.15, -0.1) is 48.1 Å². The van der Waals surface area contributed by atoms with Crippen molar-refractivity contribution in [2.75, 3.05) is 9.80 Å². The molecular weight excluding hydrogens is 1010 g/mol. The summed E-state index contributed by atoms with van der Waals surface area (Å²) in [4.78, 5) is 9.26. The molecule has 0 radical (unpaired) electrons. The first-order chi connectivity index (χ1) is 33.7. The number of pyridine rings is 1. The minimum Gasteiger partial charge on any atom is -0.509 e. The normalized spacial score (nSPS) is 13.2. The molecular formula is C62H51N4OPt-3. The number of hydrogen-bond acceptors (Lipinski definition) is 4. The third-order valence-electron chi connectivity index (χ3n) is 12.6. The van der Waals surface area contributed by atoms with Crippen LogP contribution in [-0.2, 0) is 31.9 Å². The average molecular weight is 1070 g/mol. The van der Waals surface area contributed by atoms with E-state index in [4.69, 9.17) is 9.72 Å². The molecule has 3 heterocycles. The molecule has 0 spiro atoms. The van der Waals surface area contributed by atoms with E-state index in [2.05, 4.69) is 179 Å². The van der Waals surface area contributed by atoms with E-state index in [0.717, 1.165) is 78.0 Å². The molecule has 2 aromatic heterocycles. The van der Waals surface area contributed by atoms with Crippen LogP contribution in [0.25, 0.3) is 61.0 Å². The van der Waals surface area contributed by atoms with E-state index in [1.54, 1.807) is 0 Å². The second-order valence-electron chi connectivity index (χ2n) is 19.2. The third kappa shape index (κ3) is 8.30. The molecule has 0 bridgehead atoms. The molecule has 10 aromatic rings. The summed E-state index contributed by atoms with van der Waals surface area (Å²) in [6.45, 7) is 15.1. The Kier molecular flexibility index (Phi) is 10.7. The molecule has 8 aromatic carbocycles. The van der Waals surface area contributed by atoms with Gasteiger partial charge in [-0.1, -0.05) is 174 Å². The summed E-state index contributed by atoms with van der Waals surface area (Å²) in [5.41, 5.74) is 12.7. The molecule has 5 nitrogen and oxygen atoms in total. The number of nitrogens with zero attached hydrogens (tertiary/aromatic N) is 4. The van der Waals surface area contributed by atoms with Crippen molar-refractivity contribution in [2.24, 2.45) is 0 Å². The van der Waals surface area contributed by atoms with Crippen molar-refractivity contribution >= 4 is 44.6 Å². The summed E-state index contributed by atoms with van der Waals surface area (Å²) in [5.74, 6) is 1.12. The van der Waals surface area contributed by atoms with Gasteiger partial charge in [0.1, 0.15) is 5.82 Å². The van der Waals surface area contributed by atoms with Crippen LogP contribution >= 0.6 is 0 Å². The van der Waals surface area contributed by atoms with Crippen molar-refractivity contribution in [3.05, 3.63) is 224 Å². The Hall–Kier alpha value is -7.20. The molecule has 0 atom stereocenters. The van der Waals surface area contributed by atoms with Gasteiger partial charge in [-0.25, -0.2) is 4.98 Å². The molecule has 6 heteroatoms. The van der Waals surface area contributed by atoms with Gasteiger partial charge in [0.2, 0.25) is 0 Å². The zero-order valence-corrected chi connectivity index (χ0v) is 41.1. The molecule has 11 rings (SSSR count). The first kappa shape index (κ1) is 41.0. The van der Waals surface area contributed by atoms with Gasteiger partial charge in [0.05, 0.1) is 4.11 Å². The van der Waals surface area contributed by atoms with Crippen molar-refractivity contribution in [3.63, 3.8) is 0 Å². The Morgan fingerprint density at radius 1 is 0.529 bits per heavy atom. The van der Waals surface area contributed by atoms with Crippen LogP contribution in [0.15, 0.2) is 194 Å². The molecule has 0 N–H and O–H groups in total. The van der Waals surface area contributed by atoms with Gasteiger partial charge in [0.15, 0.2) is 0 Å². The van der Waals surface area contributed by atoms with Crippen LogP contribution in [0.5, 0.6) is 11.5 Å². The molecule has 338 valence electrons. The van der Waals surface area contributed by atoms with Crippen LogP contribution in [0.4, 0.5) is 22.7 Å². The molecule has 0 unspecified atom stereocenters. The van der Waals surface area contributed by atoms with E-state index in [1.165, 1.54) is 0 Å². The van der Waals surface area contributed by atoms with Gasteiger partial charge in [-0.2, -0.15) is 12.1 Å².